The Morgan fingerprint density at radius 3 is 2.25 bits per heavy atom. The van der Waals surface area contributed by atoms with Crippen LogP contribution in [0.15, 0.2) is 34.1 Å². The highest BCUT2D eigenvalue weighted by atomic mass is 35.5. The molecule has 20 heavy (non-hydrogen) atoms. The molecule has 0 aliphatic carbocycles. The first kappa shape index (κ1) is 15.9. The van der Waals surface area contributed by atoms with Gasteiger partial charge in [0.25, 0.3) is 5.56 Å². The molecule has 2 aromatic rings. The molecule has 0 bridgehead atoms. The Hall–Kier alpha value is -2.14. The van der Waals surface area contributed by atoms with Gasteiger partial charge in [0.15, 0.2) is 5.75 Å². The molecule has 1 aromatic carbocycles. The molecule has 2 N–H and O–H groups in total. The van der Waals surface area contributed by atoms with Gasteiger partial charge in [0.1, 0.15) is 0 Å². The van der Waals surface area contributed by atoms with Crippen LogP contribution in [0.5, 0.6) is 5.75 Å². The van der Waals surface area contributed by atoms with E-state index in [4.69, 9.17) is 28.0 Å². The predicted octanol–water partition coefficient (Wildman–Crippen LogP) is 2.40. The molecule has 0 unspecified atom stereocenters. The number of phenolic OH excluding ortho intramolecular Hbond substituents is 1. The molecule has 0 amide bonds. The van der Waals surface area contributed by atoms with Crippen LogP contribution >= 0.6 is 23.2 Å². The predicted molar refractivity (Wildman–Crippen MR) is 76.0 cm³/mol. The normalized spacial score (nSPS) is 9.15. The van der Waals surface area contributed by atoms with Crippen LogP contribution in [-0.4, -0.2) is 28.4 Å². The fourth-order valence-electron chi connectivity index (χ4n) is 1.22. The standard InChI is InChI=1S/C10H6Cl2N2O2.C2H3NO/c11-6-3-5(4-7(12)10(6)16)8-1-2-9(15)14-13-8;1-3-2-4/h1-4,16H,(H,14,15);1H3. The molecule has 104 valence electrons. The van der Waals surface area contributed by atoms with Gasteiger partial charge in [-0.25, -0.2) is 14.9 Å². The van der Waals surface area contributed by atoms with Crippen molar-refractivity contribution in [1.82, 2.24) is 10.2 Å². The number of aromatic hydroxyl groups is 1. The molecular formula is C12H9Cl2N3O3. The average Bonchev–Trinajstić information content (AvgIpc) is 2.45. The first-order chi connectivity index (χ1) is 9.49. The number of carbonyl (C=O) groups excluding carboxylic acids is 1. The quantitative estimate of drug-likeness (QED) is 0.624. The number of aliphatic imine (C=N–C) groups is 1. The number of aromatic nitrogens is 2. The van der Waals surface area contributed by atoms with Crippen LogP contribution in [0.25, 0.3) is 11.3 Å². The monoisotopic (exact) mass is 313 g/mol. The molecule has 0 saturated heterocycles. The van der Waals surface area contributed by atoms with E-state index in [-0.39, 0.29) is 21.4 Å². The summed E-state index contributed by atoms with van der Waals surface area (Å²) in [4.78, 5) is 22.6. The molecule has 1 heterocycles. The molecule has 0 radical (unpaired) electrons. The van der Waals surface area contributed by atoms with E-state index < -0.39 is 0 Å². The molecule has 0 atom stereocenters. The number of aromatic amines is 1. The van der Waals surface area contributed by atoms with Crippen LogP contribution in [0.1, 0.15) is 0 Å². The summed E-state index contributed by atoms with van der Waals surface area (Å²) in [5, 5.41) is 15.8. The van der Waals surface area contributed by atoms with Gasteiger partial charge < -0.3 is 5.11 Å². The summed E-state index contributed by atoms with van der Waals surface area (Å²) in [6.45, 7) is 0. The third-order valence-corrected chi connectivity index (χ3v) is 2.66. The molecule has 0 fully saturated rings. The average molecular weight is 314 g/mol. The van der Waals surface area contributed by atoms with Gasteiger partial charge in [-0.05, 0) is 18.2 Å². The Balaban J connectivity index is 0.000000444. The van der Waals surface area contributed by atoms with E-state index in [2.05, 4.69) is 15.2 Å². The number of nitrogens with zero attached hydrogens (tertiary/aromatic N) is 2. The van der Waals surface area contributed by atoms with E-state index in [1.807, 2.05) is 0 Å². The summed E-state index contributed by atoms with van der Waals surface area (Å²) >= 11 is 11.5. The smallest absolute Gasteiger partial charge is 0.264 e. The number of rotatable bonds is 1. The van der Waals surface area contributed by atoms with Crippen molar-refractivity contribution >= 4 is 29.3 Å². The molecular weight excluding hydrogens is 305 g/mol. The third-order valence-electron chi connectivity index (χ3n) is 2.08. The van der Waals surface area contributed by atoms with Crippen molar-refractivity contribution < 1.29 is 9.90 Å². The molecule has 0 aliphatic rings. The van der Waals surface area contributed by atoms with Crippen LogP contribution in [0, 0.1) is 0 Å². The lowest BCUT2D eigenvalue weighted by atomic mass is 10.1. The molecule has 6 nitrogen and oxygen atoms in total. The van der Waals surface area contributed by atoms with Crippen molar-refractivity contribution in [1.29, 1.82) is 0 Å². The number of isocyanates is 1. The third kappa shape index (κ3) is 4.20. The number of hydrogen-bond acceptors (Lipinski definition) is 5. The molecule has 0 saturated carbocycles. The Morgan fingerprint density at radius 2 is 1.85 bits per heavy atom. The largest absolute Gasteiger partial charge is 0.505 e. The zero-order chi connectivity index (χ0) is 15.1. The zero-order valence-electron chi connectivity index (χ0n) is 10.2. The summed E-state index contributed by atoms with van der Waals surface area (Å²) in [5.41, 5.74) is 0.840. The molecule has 0 aliphatic heterocycles. The number of benzene rings is 1. The van der Waals surface area contributed by atoms with Crippen molar-refractivity contribution in [3.63, 3.8) is 0 Å². The van der Waals surface area contributed by atoms with Gasteiger partial charge in [-0.15, -0.1) is 0 Å². The van der Waals surface area contributed by atoms with Crippen LogP contribution < -0.4 is 5.56 Å². The minimum Gasteiger partial charge on any atom is -0.505 e. The molecule has 2 rings (SSSR count). The van der Waals surface area contributed by atoms with Crippen molar-refractivity contribution in [2.45, 2.75) is 0 Å². The summed E-state index contributed by atoms with van der Waals surface area (Å²) in [7, 11) is 1.38. The maximum absolute atomic E-state index is 10.8. The van der Waals surface area contributed by atoms with Crippen molar-refractivity contribution in [3.05, 3.63) is 44.7 Å². The minimum atomic E-state index is -0.292. The van der Waals surface area contributed by atoms with E-state index in [1.165, 1.54) is 37.4 Å². The zero-order valence-corrected chi connectivity index (χ0v) is 11.7. The van der Waals surface area contributed by atoms with E-state index in [0.717, 1.165) is 0 Å². The highest BCUT2D eigenvalue weighted by molar-refractivity contribution is 6.37. The van der Waals surface area contributed by atoms with E-state index in [9.17, 15) is 9.90 Å². The lowest BCUT2D eigenvalue weighted by molar-refractivity contribution is 0.476. The van der Waals surface area contributed by atoms with E-state index in [1.54, 1.807) is 0 Å². The number of hydrogen-bond donors (Lipinski definition) is 2. The van der Waals surface area contributed by atoms with Gasteiger partial charge in [0, 0.05) is 18.7 Å². The highest BCUT2D eigenvalue weighted by Crippen LogP contribution is 2.35. The van der Waals surface area contributed by atoms with Crippen LogP contribution in [0.2, 0.25) is 10.0 Å². The Labute approximate surface area is 123 Å². The summed E-state index contributed by atoms with van der Waals surface area (Å²) in [6, 6.07) is 5.92. The summed E-state index contributed by atoms with van der Waals surface area (Å²) < 4.78 is 0. The Morgan fingerprint density at radius 1 is 1.30 bits per heavy atom. The van der Waals surface area contributed by atoms with Gasteiger partial charge >= 0.3 is 0 Å². The number of nitrogens with one attached hydrogen (secondary N) is 1. The summed E-state index contributed by atoms with van der Waals surface area (Å²) in [5.74, 6) is -0.170. The second-order valence-corrected chi connectivity index (χ2v) is 4.22. The van der Waals surface area contributed by atoms with E-state index in [0.29, 0.717) is 11.3 Å². The van der Waals surface area contributed by atoms with Crippen molar-refractivity contribution in [2.24, 2.45) is 4.99 Å². The van der Waals surface area contributed by atoms with Crippen LogP contribution in [0.3, 0.4) is 0 Å². The van der Waals surface area contributed by atoms with Gasteiger partial charge in [0.05, 0.1) is 15.7 Å². The fraction of sp³-hybridized carbons (Fsp3) is 0.0833. The van der Waals surface area contributed by atoms with Crippen LogP contribution in [0.4, 0.5) is 0 Å². The summed E-state index contributed by atoms with van der Waals surface area (Å²) in [6.07, 6.45) is 1.31. The van der Waals surface area contributed by atoms with Crippen molar-refractivity contribution in [3.8, 4) is 17.0 Å². The molecule has 1 aromatic heterocycles. The maximum Gasteiger partial charge on any atom is 0.264 e. The number of halogens is 2. The number of H-pyrrole nitrogens is 1. The first-order valence-electron chi connectivity index (χ1n) is 5.19. The lowest BCUT2D eigenvalue weighted by Crippen LogP contribution is -2.05. The van der Waals surface area contributed by atoms with Gasteiger partial charge in [-0.3, -0.25) is 4.79 Å². The lowest BCUT2D eigenvalue weighted by Gasteiger charge is -2.04. The Bertz CT molecular complexity index is 666. The maximum atomic E-state index is 10.8. The number of phenols is 1. The first-order valence-corrected chi connectivity index (χ1v) is 5.95. The topological polar surface area (TPSA) is 95.4 Å². The highest BCUT2D eigenvalue weighted by Gasteiger charge is 2.08. The SMILES string of the molecule is CN=C=O.O=c1ccc(-c2cc(Cl)c(O)c(Cl)c2)n[nH]1. The van der Waals surface area contributed by atoms with Gasteiger partial charge in [0.2, 0.25) is 6.08 Å². The second-order valence-electron chi connectivity index (χ2n) is 3.41. The molecule has 0 spiro atoms. The van der Waals surface area contributed by atoms with E-state index >= 15 is 0 Å². The second kappa shape index (κ2) is 7.45. The van der Waals surface area contributed by atoms with Gasteiger partial charge in [-0.1, -0.05) is 23.2 Å². The van der Waals surface area contributed by atoms with Crippen LogP contribution in [-0.2, 0) is 4.79 Å². The minimum absolute atomic E-state index is 0.135. The Kier molecular flexibility index (Phi) is 5.93. The fourth-order valence-corrected chi connectivity index (χ4v) is 1.71. The molecule has 8 heteroatoms. The van der Waals surface area contributed by atoms with Crippen molar-refractivity contribution in [2.75, 3.05) is 7.05 Å². The van der Waals surface area contributed by atoms with Gasteiger partial charge in [-0.2, -0.15) is 5.10 Å².